The molecule has 0 aliphatic carbocycles. The van der Waals surface area contributed by atoms with Crippen LogP contribution in [-0.4, -0.2) is 10.2 Å². The van der Waals surface area contributed by atoms with Gasteiger partial charge in [0.1, 0.15) is 11.3 Å². The molecule has 0 fully saturated rings. The molecule has 0 spiro atoms. The molecule has 0 saturated heterocycles. The summed E-state index contributed by atoms with van der Waals surface area (Å²) >= 11 is 0. The Bertz CT molecular complexity index is 833. The molecule has 5 heteroatoms. The Morgan fingerprint density at radius 3 is 2.17 bits per heavy atom. The van der Waals surface area contributed by atoms with Gasteiger partial charge in [0.05, 0.1) is 5.69 Å². The highest BCUT2D eigenvalue weighted by molar-refractivity contribution is 5.75. The first kappa shape index (κ1) is 15.3. The molecule has 0 unspecified atom stereocenters. The first-order valence-corrected chi connectivity index (χ1v) is 7.16. The van der Waals surface area contributed by atoms with E-state index in [1.54, 1.807) is 42.5 Å². The lowest BCUT2D eigenvalue weighted by Crippen LogP contribution is -2.07. The van der Waals surface area contributed by atoms with E-state index in [4.69, 9.17) is 0 Å². The predicted molar refractivity (Wildman–Crippen MR) is 83.9 cm³/mol. The molecule has 0 aliphatic rings. The van der Waals surface area contributed by atoms with E-state index in [-0.39, 0.29) is 11.4 Å². The fourth-order valence-corrected chi connectivity index (χ4v) is 2.53. The summed E-state index contributed by atoms with van der Waals surface area (Å²) in [4.78, 5) is 0. The van der Waals surface area contributed by atoms with Gasteiger partial charge in [0.15, 0.2) is 0 Å². The first-order chi connectivity index (χ1) is 10.9. The van der Waals surface area contributed by atoms with Crippen molar-refractivity contribution in [1.82, 2.24) is 10.2 Å². The number of aryl methyl sites for hydroxylation is 2. The van der Waals surface area contributed by atoms with Crippen molar-refractivity contribution in [1.29, 1.82) is 0 Å². The lowest BCUT2D eigenvalue weighted by Gasteiger charge is -2.11. The van der Waals surface area contributed by atoms with Crippen molar-refractivity contribution in [2.45, 2.75) is 20.0 Å². The maximum Gasteiger partial charge on any atom is 0.420 e. The van der Waals surface area contributed by atoms with Gasteiger partial charge in [0.25, 0.3) is 0 Å². The number of rotatable bonds is 2. The number of aromatic amines is 1. The van der Waals surface area contributed by atoms with Crippen molar-refractivity contribution in [2.24, 2.45) is 0 Å². The highest BCUT2D eigenvalue weighted by Gasteiger charge is 2.39. The van der Waals surface area contributed by atoms with Crippen molar-refractivity contribution in [3.05, 3.63) is 65.2 Å². The summed E-state index contributed by atoms with van der Waals surface area (Å²) in [5.41, 5.74) is 2.07. The second-order valence-electron chi connectivity index (χ2n) is 5.49. The van der Waals surface area contributed by atoms with E-state index in [0.717, 1.165) is 11.1 Å². The van der Waals surface area contributed by atoms with Crippen LogP contribution in [0.1, 0.15) is 16.7 Å². The monoisotopic (exact) mass is 316 g/mol. The van der Waals surface area contributed by atoms with Gasteiger partial charge in [0, 0.05) is 11.1 Å². The van der Waals surface area contributed by atoms with Gasteiger partial charge in [-0.05, 0) is 31.0 Å². The number of benzene rings is 2. The van der Waals surface area contributed by atoms with Gasteiger partial charge in [-0.1, -0.05) is 42.5 Å². The van der Waals surface area contributed by atoms with Crippen LogP contribution < -0.4 is 0 Å². The van der Waals surface area contributed by atoms with Gasteiger partial charge in [0.2, 0.25) is 0 Å². The van der Waals surface area contributed by atoms with Gasteiger partial charge in [-0.25, -0.2) is 0 Å². The van der Waals surface area contributed by atoms with Crippen molar-refractivity contribution in [3.63, 3.8) is 0 Å². The van der Waals surface area contributed by atoms with Crippen LogP contribution in [0, 0.1) is 13.8 Å². The quantitative estimate of drug-likeness (QED) is 0.675. The third-order valence-electron chi connectivity index (χ3n) is 3.89. The minimum Gasteiger partial charge on any atom is -0.277 e. The highest BCUT2D eigenvalue weighted by atomic mass is 19.4. The number of aromatic nitrogens is 2. The van der Waals surface area contributed by atoms with Crippen molar-refractivity contribution < 1.29 is 13.2 Å². The third-order valence-corrected chi connectivity index (χ3v) is 3.89. The van der Waals surface area contributed by atoms with E-state index in [9.17, 15) is 13.2 Å². The first-order valence-electron chi connectivity index (χ1n) is 7.16. The summed E-state index contributed by atoms with van der Waals surface area (Å²) in [6, 6.07) is 13.6. The van der Waals surface area contributed by atoms with E-state index in [1.807, 2.05) is 19.9 Å². The molecule has 23 heavy (non-hydrogen) atoms. The lowest BCUT2D eigenvalue weighted by molar-refractivity contribution is -0.136. The van der Waals surface area contributed by atoms with Crippen LogP contribution in [0.4, 0.5) is 13.2 Å². The number of alkyl halides is 3. The second kappa shape index (κ2) is 5.57. The third kappa shape index (κ3) is 2.86. The zero-order valence-electron chi connectivity index (χ0n) is 12.7. The Morgan fingerprint density at radius 1 is 0.870 bits per heavy atom. The molecule has 0 radical (unpaired) electrons. The average Bonchev–Trinajstić information content (AvgIpc) is 2.96. The highest BCUT2D eigenvalue weighted by Crippen LogP contribution is 2.42. The van der Waals surface area contributed by atoms with Gasteiger partial charge in [-0.2, -0.15) is 18.3 Å². The molecule has 2 aromatic carbocycles. The average molecular weight is 316 g/mol. The summed E-state index contributed by atoms with van der Waals surface area (Å²) in [6.45, 7) is 3.79. The molecule has 1 aromatic heterocycles. The number of halogens is 3. The molecule has 3 aromatic rings. The lowest BCUT2D eigenvalue weighted by atomic mass is 9.99. The Labute approximate surface area is 132 Å². The molecule has 118 valence electrons. The van der Waals surface area contributed by atoms with Gasteiger partial charge in [-0.3, -0.25) is 5.10 Å². The van der Waals surface area contributed by atoms with Crippen molar-refractivity contribution in [2.75, 3.05) is 0 Å². The van der Waals surface area contributed by atoms with Crippen LogP contribution in [0.2, 0.25) is 0 Å². The number of H-pyrrole nitrogens is 1. The fourth-order valence-electron chi connectivity index (χ4n) is 2.53. The summed E-state index contributed by atoms with van der Waals surface area (Å²) < 4.78 is 40.9. The van der Waals surface area contributed by atoms with Crippen molar-refractivity contribution in [3.8, 4) is 22.5 Å². The summed E-state index contributed by atoms with van der Waals surface area (Å²) in [5, 5.41) is 6.51. The molecule has 2 nitrogen and oxygen atoms in total. The van der Waals surface area contributed by atoms with E-state index < -0.39 is 11.7 Å². The van der Waals surface area contributed by atoms with E-state index in [2.05, 4.69) is 10.2 Å². The Balaban J connectivity index is 2.22. The number of hydrogen-bond donors (Lipinski definition) is 1. The molecule has 0 saturated carbocycles. The zero-order chi connectivity index (χ0) is 16.6. The van der Waals surface area contributed by atoms with Crippen LogP contribution in [0.3, 0.4) is 0 Å². The van der Waals surface area contributed by atoms with Crippen LogP contribution in [0.25, 0.3) is 22.5 Å². The normalized spacial score (nSPS) is 11.7. The van der Waals surface area contributed by atoms with Gasteiger partial charge in [-0.15, -0.1) is 0 Å². The molecule has 1 heterocycles. The molecule has 0 amide bonds. The van der Waals surface area contributed by atoms with Crippen LogP contribution in [-0.2, 0) is 6.18 Å². The largest absolute Gasteiger partial charge is 0.420 e. The number of nitrogens with one attached hydrogen (secondary N) is 1. The van der Waals surface area contributed by atoms with E-state index >= 15 is 0 Å². The molecular formula is C18H15F3N2. The Kier molecular flexibility index (Phi) is 3.72. The standard InChI is InChI=1S/C18H15F3N2/c1-11-8-9-14(10-12(11)2)17-15(18(19,20)21)16(22-23-17)13-6-4-3-5-7-13/h3-10H,1-2H3,(H,22,23). The van der Waals surface area contributed by atoms with E-state index in [0.29, 0.717) is 11.1 Å². The van der Waals surface area contributed by atoms with Crippen LogP contribution in [0.15, 0.2) is 48.5 Å². The Hall–Kier alpha value is -2.56. The second-order valence-corrected chi connectivity index (χ2v) is 5.49. The number of nitrogens with zero attached hydrogens (tertiary/aromatic N) is 1. The smallest absolute Gasteiger partial charge is 0.277 e. The predicted octanol–water partition coefficient (Wildman–Crippen LogP) is 5.38. The topological polar surface area (TPSA) is 28.7 Å². The summed E-state index contributed by atoms with van der Waals surface area (Å²) in [6.07, 6.45) is -4.49. The van der Waals surface area contributed by atoms with Gasteiger partial charge < -0.3 is 0 Å². The van der Waals surface area contributed by atoms with Crippen LogP contribution in [0.5, 0.6) is 0 Å². The minimum absolute atomic E-state index is 0.00803. The maximum absolute atomic E-state index is 13.6. The molecule has 3 rings (SSSR count). The van der Waals surface area contributed by atoms with Crippen molar-refractivity contribution >= 4 is 0 Å². The van der Waals surface area contributed by atoms with E-state index in [1.165, 1.54) is 0 Å². The molecule has 0 atom stereocenters. The maximum atomic E-state index is 13.6. The van der Waals surface area contributed by atoms with Gasteiger partial charge >= 0.3 is 6.18 Å². The summed E-state index contributed by atoms with van der Waals surface area (Å²) in [7, 11) is 0. The number of hydrogen-bond acceptors (Lipinski definition) is 1. The fraction of sp³-hybridized carbons (Fsp3) is 0.167. The molecule has 0 bridgehead atoms. The summed E-state index contributed by atoms with van der Waals surface area (Å²) in [5.74, 6) is 0. The molecule has 0 aliphatic heterocycles. The van der Waals surface area contributed by atoms with Crippen LogP contribution >= 0.6 is 0 Å². The molecule has 1 N–H and O–H groups in total. The zero-order valence-corrected chi connectivity index (χ0v) is 12.7. The minimum atomic E-state index is -4.49. The molecular weight excluding hydrogens is 301 g/mol. The Morgan fingerprint density at radius 2 is 1.57 bits per heavy atom. The SMILES string of the molecule is Cc1ccc(-c2n[nH]c(-c3ccccc3)c2C(F)(F)F)cc1C.